The summed E-state index contributed by atoms with van der Waals surface area (Å²) in [6, 6.07) is 9.07. The molecule has 128 valence electrons. The molecular formula is C16H15BrFNO3S2. The van der Waals surface area contributed by atoms with E-state index in [0.717, 1.165) is 0 Å². The van der Waals surface area contributed by atoms with Crippen LogP contribution in [0.15, 0.2) is 50.7 Å². The van der Waals surface area contributed by atoms with Gasteiger partial charge < -0.3 is 4.74 Å². The van der Waals surface area contributed by atoms with Crippen molar-refractivity contribution in [3.8, 4) is 5.75 Å². The minimum atomic E-state index is -3.82. The summed E-state index contributed by atoms with van der Waals surface area (Å²) < 4.78 is 48.1. The lowest BCUT2D eigenvalue weighted by Crippen LogP contribution is -2.31. The van der Waals surface area contributed by atoms with Crippen LogP contribution >= 0.6 is 27.7 Å². The highest BCUT2D eigenvalue weighted by atomic mass is 79.9. The molecule has 2 aromatic carbocycles. The molecule has 3 rings (SSSR count). The lowest BCUT2D eigenvalue weighted by atomic mass is 10.0. The fraction of sp³-hybridized carbons (Fsp3) is 0.250. The molecule has 0 aromatic heterocycles. The van der Waals surface area contributed by atoms with E-state index in [1.807, 2.05) is 0 Å². The SMILES string of the molecule is COc1ccc(Br)cc1S(=O)(=O)N[C@H]1CCSc2c(F)cccc21. The number of methoxy groups -OCH3 is 1. The van der Waals surface area contributed by atoms with Crippen molar-refractivity contribution in [1.29, 1.82) is 0 Å². The molecule has 1 atom stereocenters. The van der Waals surface area contributed by atoms with Crippen molar-refractivity contribution in [2.45, 2.75) is 22.3 Å². The highest BCUT2D eigenvalue weighted by Crippen LogP contribution is 2.39. The van der Waals surface area contributed by atoms with Crippen molar-refractivity contribution in [1.82, 2.24) is 4.72 Å². The van der Waals surface area contributed by atoms with Crippen LogP contribution in [0, 0.1) is 5.82 Å². The van der Waals surface area contributed by atoms with Gasteiger partial charge in [-0.3, -0.25) is 0 Å². The molecule has 0 amide bonds. The van der Waals surface area contributed by atoms with Crippen LogP contribution in [0.4, 0.5) is 4.39 Å². The molecule has 24 heavy (non-hydrogen) atoms. The molecule has 0 saturated heterocycles. The van der Waals surface area contributed by atoms with E-state index in [1.54, 1.807) is 24.3 Å². The van der Waals surface area contributed by atoms with Gasteiger partial charge in [0.1, 0.15) is 16.5 Å². The van der Waals surface area contributed by atoms with Gasteiger partial charge in [-0.25, -0.2) is 17.5 Å². The first-order valence-corrected chi connectivity index (χ1v) is 10.5. The van der Waals surface area contributed by atoms with Crippen LogP contribution in [-0.2, 0) is 10.0 Å². The largest absolute Gasteiger partial charge is 0.495 e. The summed E-state index contributed by atoms with van der Waals surface area (Å²) in [5.74, 6) is 0.591. The van der Waals surface area contributed by atoms with Gasteiger partial charge in [0, 0.05) is 15.4 Å². The molecule has 0 radical (unpaired) electrons. The van der Waals surface area contributed by atoms with Crippen LogP contribution in [-0.4, -0.2) is 21.3 Å². The van der Waals surface area contributed by atoms with E-state index < -0.39 is 16.1 Å². The van der Waals surface area contributed by atoms with Crippen LogP contribution in [0.5, 0.6) is 5.75 Å². The molecule has 0 unspecified atom stereocenters. The summed E-state index contributed by atoms with van der Waals surface area (Å²) in [6.45, 7) is 0. The van der Waals surface area contributed by atoms with Gasteiger partial charge in [-0.15, -0.1) is 11.8 Å². The Morgan fingerprint density at radius 2 is 2.12 bits per heavy atom. The average Bonchev–Trinajstić information content (AvgIpc) is 2.55. The molecular weight excluding hydrogens is 417 g/mol. The molecule has 0 bridgehead atoms. The molecule has 0 spiro atoms. The van der Waals surface area contributed by atoms with Crippen LogP contribution < -0.4 is 9.46 Å². The topological polar surface area (TPSA) is 55.4 Å². The molecule has 2 aromatic rings. The number of ether oxygens (including phenoxy) is 1. The van der Waals surface area contributed by atoms with Gasteiger partial charge in [0.25, 0.3) is 0 Å². The fourth-order valence-electron chi connectivity index (χ4n) is 2.62. The standard InChI is InChI=1S/C16H15BrFNO3S2/c1-22-14-6-5-10(17)9-15(14)24(20,21)19-13-7-8-23-16-11(13)3-2-4-12(16)18/h2-6,9,13,19H,7-8H2,1H3/t13-/m0/s1. The van der Waals surface area contributed by atoms with Crippen LogP contribution in [0.3, 0.4) is 0 Å². The third-order valence-corrected chi connectivity index (χ3v) is 6.88. The Balaban J connectivity index is 1.98. The Kier molecular flexibility index (Phi) is 5.19. The Morgan fingerprint density at radius 3 is 2.88 bits per heavy atom. The summed E-state index contributed by atoms with van der Waals surface area (Å²) >= 11 is 4.69. The van der Waals surface area contributed by atoms with Crippen molar-refractivity contribution < 1.29 is 17.5 Å². The van der Waals surface area contributed by atoms with Gasteiger partial charge in [-0.1, -0.05) is 28.1 Å². The molecule has 0 fully saturated rings. The number of nitrogens with one attached hydrogen (secondary N) is 1. The van der Waals surface area contributed by atoms with Crippen molar-refractivity contribution in [2.75, 3.05) is 12.9 Å². The summed E-state index contributed by atoms with van der Waals surface area (Å²) in [4.78, 5) is 0.563. The third kappa shape index (κ3) is 3.46. The lowest BCUT2D eigenvalue weighted by molar-refractivity contribution is 0.401. The fourth-order valence-corrected chi connectivity index (χ4v) is 5.72. The van der Waals surface area contributed by atoms with E-state index in [-0.39, 0.29) is 16.5 Å². The maximum atomic E-state index is 13.9. The average molecular weight is 432 g/mol. The smallest absolute Gasteiger partial charge is 0.244 e. The summed E-state index contributed by atoms with van der Waals surface area (Å²) in [5, 5.41) is 0. The predicted molar refractivity (Wildman–Crippen MR) is 95.5 cm³/mol. The lowest BCUT2D eigenvalue weighted by Gasteiger charge is -2.26. The molecule has 1 N–H and O–H groups in total. The van der Waals surface area contributed by atoms with Gasteiger partial charge in [0.05, 0.1) is 7.11 Å². The van der Waals surface area contributed by atoms with Crippen LogP contribution in [0.25, 0.3) is 0 Å². The predicted octanol–water partition coefficient (Wildman–Crippen LogP) is 4.11. The second-order valence-electron chi connectivity index (χ2n) is 5.26. The second kappa shape index (κ2) is 7.03. The monoisotopic (exact) mass is 431 g/mol. The maximum Gasteiger partial charge on any atom is 0.244 e. The minimum absolute atomic E-state index is 0.0514. The minimum Gasteiger partial charge on any atom is -0.495 e. The number of benzene rings is 2. The van der Waals surface area contributed by atoms with Gasteiger partial charge >= 0.3 is 0 Å². The van der Waals surface area contributed by atoms with Crippen LogP contribution in [0.2, 0.25) is 0 Å². The van der Waals surface area contributed by atoms with Gasteiger partial charge in [-0.2, -0.15) is 0 Å². The zero-order valence-corrected chi connectivity index (χ0v) is 16.0. The number of thioether (sulfide) groups is 1. The van der Waals surface area contributed by atoms with Gasteiger partial charge in [-0.05, 0) is 42.0 Å². The highest BCUT2D eigenvalue weighted by molar-refractivity contribution is 9.10. The molecule has 4 nitrogen and oxygen atoms in total. The number of fused-ring (bicyclic) bond motifs is 1. The highest BCUT2D eigenvalue weighted by Gasteiger charge is 2.29. The van der Waals surface area contributed by atoms with Crippen LogP contribution in [0.1, 0.15) is 18.0 Å². The first-order chi connectivity index (χ1) is 11.4. The maximum absolute atomic E-state index is 13.9. The summed E-state index contributed by atoms with van der Waals surface area (Å²) in [6.07, 6.45) is 0.594. The molecule has 1 heterocycles. The van der Waals surface area contributed by atoms with E-state index in [4.69, 9.17) is 4.74 Å². The van der Waals surface area contributed by atoms with Crippen molar-refractivity contribution in [2.24, 2.45) is 0 Å². The quantitative estimate of drug-likeness (QED) is 0.790. The second-order valence-corrected chi connectivity index (χ2v) is 8.97. The molecule has 1 aliphatic rings. The Morgan fingerprint density at radius 1 is 1.33 bits per heavy atom. The van der Waals surface area contributed by atoms with E-state index in [1.165, 1.54) is 31.0 Å². The van der Waals surface area contributed by atoms with Gasteiger partial charge in [0.15, 0.2) is 0 Å². The first-order valence-electron chi connectivity index (χ1n) is 7.19. The Bertz CT molecular complexity index is 874. The third-order valence-electron chi connectivity index (χ3n) is 3.74. The zero-order chi connectivity index (χ0) is 17.3. The number of sulfonamides is 1. The zero-order valence-electron chi connectivity index (χ0n) is 12.8. The Labute approximate surface area is 153 Å². The van der Waals surface area contributed by atoms with Crippen molar-refractivity contribution in [3.05, 3.63) is 52.3 Å². The summed E-state index contributed by atoms with van der Waals surface area (Å²) in [5.41, 5.74) is 0.670. The molecule has 0 saturated carbocycles. The number of hydrogen-bond acceptors (Lipinski definition) is 4. The number of halogens is 2. The number of hydrogen-bond donors (Lipinski definition) is 1. The summed E-state index contributed by atoms with van der Waals surface area (Å²) in [7, 11) is -2.40. The van der Waals surface area contributed by atoms with Gasteiger partial charge in [0.2, 0.25) is 10.0 Å². The van der Waals surface area contributed by atoms with E-state index in [2.05, 4.69) is 20.7 Å². The molecule has 0 aliphatic carbocycles. The molecule has 1 aliphatic heterocycles. The van der Waals surface area contributed by atoms with E-state index in [9.17, 15) is 12.8 Å². The molecule has 8 heteroatoms. The first kappa shape index (κ1) is 17.7. The number of rotatable bonds is 4. The normalized spacial score (nSPS) is 17.4. The van der Waals surface area contributed by atoms with Crippen molar-refractivity contribution >= 4 is 37.7 Å². The Hall–Kier alpha value is -1.09. The van der Waals surface area contributed by atoms with Crippen molar-refractivity contribution in [3.63, 3.8) is 0 Å². The van der Waals surface area contributed by atoms with E-state index >= 15 is 0 Å². The van der Waals surface area contributed by atoms with E-state index in [0.29, 0.717) is 27.1 Å².